The predicted molar refractivity (Wildman–Crippen MR) is 116 cm³/mol. The second-order valence-corrected chi connectivity index (χ2v) is 6.80. The van der Waals surface area contributed by atoms with Crippen molar-refractivity contribution in [2.24, 2.45) is 0 Å². The first-order valence-corrected chi connectivity index (χ1v) is 9.62. The number of hydrogen-bond acceptors (Lipinski definition) is 4. The van der Waals surface area contributed by atoms with Crippen LogP contribution in [0.3, 0.4) is 0 Å². The third-order valence-corrected chi connectivity index (χ3v) is 4.61. The van der Waals surface area contributed by atoms with Crippen LogP contribution in [0.1, 0.15) is 21.5 Å². The van der Waals surface area contributed by atoms with E-state index in [1.807, 2.05) is 6.07 Å². The monoisotopic (exact) mass is 422 g/mol. The molecule has 0 aromatic heterocycles. The molecular formula is C24H23FN2O4. The Hall–Kier alpha value is -3.87. The molecule has 7 heteroatoms. The van der Waals surface area contributed by atoms with Crippen LogP contribution in [-0.2, 0) is 17.8 Å². The van der Waals surface area contributed by atoms with Crippen molar-refractivity contribution in [3.05, 3.63) is 89.2 Å². The number of nitrogens with one attached hydrogen (secondary N) is 2. The molecule has 0 radical (unpaired) electrons. The zero-order valence-electron chi connectivity index (χ0n) is 17.3. The summed E-state index contributed by atoms with van der Waals surface area (Å²) in [6.45, 7) is 0.293. The molecule has 0 unspecified atom stereocenters. The molecule has 0 aliphatic rings. The molecule has 160 valence electrons. The highest BCUT2D eigenvalue weighted by Crippen LogP contribution is 2.25. The minimum absolute atomic E-state index is 0.156. The van der Waals surface area contributed by atoms with Crippen LogP contribution >= 0.6 is 0 Å². The van der Waals surface area contributed by atoms with Gasteiger partial charge in [0.05, 0.1) is 20.6 Å². The first-order chi connectivity index (χ1) is 15.0. The third kappa shape index (κ3) is 6.05. The highest BCUT2D eigenvalue weighted by molar-refractivity contribution is 6.04. The summed E-state index contributed by atoms with van der Waals surface area (Å²) >= 11 is 0. The van der Waals surface area contributed by atoms with Gasteiger partial charge in [-0.1, -0.05) is 24.3 Å². The van der Waals surface area contributed by atoms with Gasteiger partial charge in [-0.25, -0.2) is 4.39 Å². The van der Waals surface area contributed by atoms with Crippen LogP contribution < -0.4 is 20.1 Å². The van der Waals surface area contributed by atoms with E-state index in [9.17, 15) is 14.0 Å². The number of methoxy groups -OCH3 is 2. The number of amides is 2. The standard InChI is InChI=1S/C24H23FN2O4/c1-30-21-10-9-17(22(14-21)31-2)13-23(28)26-15-16-5-3-8-20(11-16)27-24(29)18-6-4-7-19(25)12-18/h3-12,14H,13,15H2,1-2H3,(H,26,28)(H,27,29). The molecule has 0 aliphatic carbocycles. The molecule has 0 atom stereocenters. The van der Waals surface area contributed by atoms with Gasteiger partial charge in [0.25, 0.3) is 5.91 Å². The van der Waals surface area contributed by atoms with Crippen molar-refractivity contribution in [3.63, 3.8) is 0 Å². The van der Waals surface area contributed by atoms with Gasteiger partial charge >= 0.3 is 0 Å². The molecular weight excluding hydrogens is 399 g/mol. The van der Waals surface area contributed by atoms with Crippen LogP contribution in [-0.4, -0.2) is 26.0 Å². The molecule has 2 amide bonds. The lowest BCUT2D eigenvalue weighted by Gasteiger charge is -2.11. The van der Waals surface area contributed by atoms with Gasteiger partial charge in [0.15, 0.2) is 0 Å². The van der Waals surface area contributed by atoms with Crippen molar-refractivity contribution in [1.82, 2.24) is 5.32 Å². The topological polar surface area (TPSA) is 76.7 Å². The fourth-order valence-corrected chi connectivity index (χ4v) is 3.03. The number of rotatable bonds is 8. The van der Waals surface area contributed by atoms with Gasteiger partial charge in [0.1, 0.15) is 17.3 Å². The molecule has 0 saturated heterocycles. The molecule has 2 N–H and O–H groups in total. The summed E-state index contributed by atoms with van der Waals surface area (Å²) in [6, 6.07) is 17.9. The summed E-state index contributed by atoms with van der Waals surface area (Å²) in [7, 11) is 3.11. The first kappa shape index (κ1) is 21.8. The van der Waals surface area contributed by atoms with Gasteiger partial charge in [0.2, 0.25) is 5.91 Å². The molecule has 0 saturated carbocycles. The number of anilines is 1. The van der Waals surface area contributed by atoms with Crippen molar-refractivity contribution in [3.8, 4) is 11.5 Å². The summed E-state index contributed by atoms with van der Waals surface area (Å²) < 4.78 is 23.8. The van der Waals surface area contributed by atoms with Crippen LogP contribution in [0.5, 0.6) is 11.5 Å². The minimum atomic E-state index is -0.474. The zero-order chi connectivity index (χ0) is 22.2. The van der Waals surface area contributed by atoms with E-state index in [1.165, 1.54) is 24.3 Å². The minimum Gasteiger partial charge on any atom is -0.497 e. The number of benzene rings is 3. The Balaban J connectivity index is 1.58. The fourth-order valence-electron chi connectivity index (χ4n) is 3.03. The second-order valence-electron chi connectivity index (χ2n) is 6.80. The van der Waals surface area contributed by atoms with Crippen molar-refractivity contribution >= 4 is 17.5 Å². The average Bonchev–Trinajstić information content (AvgIpc) is 2.78. The SMILES string of the molecule is COc1ccc(CC(=O)NCc2cccc(NC(=O)c3cccc(F)c3)c2)c(OC)c1. The summed E-state index contributed by atoms with van der Waals surface area (Å²) in [6.07, 6.45) is 0.156. The Labute approximate surface area is 180 Å². The molecule has 31 heavy (non-hydrogen) atoms. The van der Waals surface area contributed by atoms with E-state index < -0.39 is 11.7 Å². The Bertz CT molecular complexity index is 1080. The molecule has 0 spiro atoms. The summed E-state index contributed by atoms with van der Waals surface area (Å²) in [5.74, 6) is 0.178. The number of ether oxygens (including phenoxy) is 2. The largest absolute Gasteiger partial charge is 0.497 e. The molecule has 3 aromatic rings. The number of halogens is 1. The highest BCUT2D eigenvalue weighted by Gasteiger charge is 2.11. The Morgan fingerprint density at radius 2 is 1.74 bits per heavy atom. The summed E-state index contributed by atoms with van der Waals surface area (Å²) in [4.78, 5) is 24.7. The van der Waals surface area contributed by atoms with Crippen molar-refractivity contribution in [1.29, 1.82) is 0 Å². The summed E-state index contributed by atoms with van der Waals surface area (Å²) in [5.41, 5.74) is 2.34. The molecule has 3 rings (SSSR count). The lowest BCUT2D eigenvalue weighted by atomic mass is 10.1. The lowest BCUT2D eigenvalue weighted by Crippen LogP contribution is -2.24. The fraction of sp³-hybridized carbons (Fsp3) is 0.167. The van der Waals surface area contributed by atoms with Gasteiger partial charge in [-0.15, -0.1) is 0 Å². The number of carbonyl (C=O) groups excluding carboxylic acids is 2. The normalized spacial score (nSPS) is 10.3. The predicted octanol–water partition coefficient (Wildman–Crippen LogP) is 3.95. The number of carbonyl (C=O) groups is 2. The van der Waals surface area contributed by atoms with Crippen molar-refractivity contribution < 1.29 is 23.5 Å². The van der Waals surface area contributed by atoms with Gasteiger partial charge in [-0.05, 0) is 42.0 Å². The Morgan fingerprint density at radius 3 is 2.48 bits per heavy atom. The Morgan fingerprint density at radius 1 is 0.935 bits per heavy atom. The maximum absolute atomic E-state index is 13.3. The van der Waals surface area contributed by atoms with E-state index >= 15 is 0 Å². The van der Waals surface area contributed by atoms with E-state index in [2.05, 4.69) is 10.6 Å². The molecule has 0 bridgehead atoms. The van der Waals surface area contributed by atoms with Crippen LogP contribution in [0.2, 0.25) is 0 Å². The quantitative estimate of drug-likeness (QED) is 0.576. The van der Waals surface area contributed by atoms with Crippen molar-refractivity contribution in [2.75, 3.05) is 19.5 Å². The van der Waals surface area contributed by atoms with E-state index in [-0.39, 0.29) is 17.9 Å². The van der Waals surface area contributed by atoms with E-state index in [4.69, 9.17) is 9.47 Å². The molecule has 0 fully saturated rings. The zero-order valence-corrected chi connectivity index (χ0v) is 17.3. The average molecular weight is 422 g/mol. The van der Waals surface area contributed by atoms with Gasteiger partial charge in [-0.3, -0.25) is 9.59 Å². The molecule has 0 aliphatic heterocycles. The van der Waals surface area contributed by atoms with Crippen LogP contribution in [0.15, 0.2) is 66.7 Å². The van der Waals surface area contributed by atoms with Gasteiger partial charge in [0, 0.05) is 29.4 Å². The van der Waals surface area contributed by atoms with Crippen LogP contribution in [0.4, 0.5) is 10.1 Å². The Kier molecular flexibility index (Phi) is 7.22. The first-order valence-electron chi connectivity index (χ1n) is 9.62. The van der Waals surface area contributed by atoms with Crippen LogP contribution in [0.25, 0.3) is 0 Å². The smallest absolute Gasteiger partial charge is 0.255 e. The molecule has 3 aromatic carbocycles. The summed E-state index contributed by atoms with van der Waals surface area (Å²) in [5, 5.41) is 5.59. The third-order valence-electron chi connectivity index (χ3n) is 4.61. The maximum atomic E-state index is 13.3. The van der Waals surface area contributed by atoms with Crippen molar-refractivity contribution in [2.45, 2.75) is 13.0 Å². The molecule has 0 heterocycles. The van der Waals surface area contributed by atoms with E-state index in [0.717, 1.165) is 11.1 Å². The highest BCUT2D eigenvalue weighted by atomic mass is 19.1. The maximum Gasteiger partial charge on any atom is 0.255 e. The van der Waals surface area contributed by atoms with Gasteiger partial charge in [-0.2, -0.15) is 0 Å². The van der Waals surface area contributed by atoms with E-state index in [1.54, 1.807) is 50.6 Å². The molecule has 6 nitrogen and oxygen atoms in total. The van der Waals surface area contributed by atoms with Crippen LogP contribution in [0, 0.1) is 5.82 Å². The second kappa shape index (κ2) is 10.2. The van der Waals surface area contributed by atoms with E-state index in [0.29, 0.717) is 23.7 Å². The number of hydrogen-bond donors (Lipinski definition) is 2. The van der Waals surface area contributed by atoms with Gasteiger partial charge < -0.3 is 20.1 Å². The lowest BCUT2D eigenvalue weighted by molar-refractivity contribution is -0.120.